The summed E-state index contributed by atoms with van der Waals surface area (Å²) in [4.78, 5) is 13.5. The van der Waals surface area contributed by atoms with Crippen molar-refractivity contribution in [3.63, 3.8) is 0 Å². The SMILES string of the molecule is CNc1nc(-c2c(C)cc(C)cc2C)nc2nc(C)nn12. The van der Waals surface area contributed by atoms with Gasteiger partial charge in [-0.05, 0) is 38.8 Å². The summed E-state index contributed by atoms with van der Waals surface area (Å²) in [5, 5.41) is 7.35. The molecule has 2 aromatic heterocycles. The highest BCUT2D eigenvalue weighted by molar-refractivity contribution is 5.67. The second kappa shape index (κ2) is 4.80. The Balaban J connectivity index is 2.30. The molecule has 0 aliphatic rings. The molecule has 6 heteroatoms. The molecule has 108 valence electrons. The summed E-state index contributed by atoms with van der Waals surface area (Å²) in [6.45, 7) is 8.10. The van der Waals surface area contributed by atoms with E-state index in [0.717, 1.165) is 16.7 Å². The van der Waals surface area contributed by atoms with Crippen molar-refractivity contribution in [3.05, 3.63) is 34.6 Å². The Kier molecular flexibility index (Phi) is 3.08. The number of aromatic nitrogens is 5. The lowest BCUT2D eigenvalue weighted by molar-refractivity contribution is 0.885. The second-order valence-corrected chi connectivity index (χ2v) is 5.27. The minimum Gasteiger partial charge on any atom is -0.357 e. The van der Waals surface area contributed by atoms with Crippen LogP contribution in [0, 0.1) is 27.7 Å². The third-order valence-corrected chi connectivity index (χ3v) is 3.44. The van der Waals surface area contributed by atoms with Crippen LogP contribution in [0.5, 0.6) is 0 Å². The monoisotopic (exact) mass is 282 g/mol. The summed E-state index contributed by atoms with van der Waals surface area (Å²) in [5.41, 5.74) is 4.62. The molecule has 0 aliphatic carbocycles. The first kappa shape index (κ1) is 13.5. The van der Waals surface area contributed by atoms with Crippen LogP contribution in [0.25, 0.3) is 17.2 Å². The Labute approximate surface area is 123 Å². The number of hydrogen-bond donors (Lipinski definition) is 1. The molecule has 1 N–H and O–H groups in total. The quantitative estimate of drug-likeness (QED) is 0.782. The van der Waals surface area contributed by atoms with Gasteiger partial charge in [0.05, 0.1) is 0 Å². The molecule has 0 radical (unpaired) electrons. The standard InChI is InChI=1S/C15H18N6/c1-8-6-9(2)12(10(3)7-8)13-18-14(16-5)21-15(19-13)17-11(4)20-21/h6-7H,1-5H3,(H,16,17,18,19,20). The Bertz CT molecular complexity index is 811. The highest BCUT2D eigenvalue weighted by Gasteiger charge is 2.15. The van der Waals surface area contributed by atoms with Crippen molar-refractivity contribution in [2.45, 2.75) is 27.7 Å². The lowest BCUT2D eigenvalue weighted by Gasteiger charge is -2.11. The molecule has 3 aromatic rings. The molecule has 0 saturated heterocycles. The molecule has 2 heterocycles. The molecule has 0 saturated carbocycles. The fraction of sp³-hybridized carbons (Fsp3) is 0.333. The van der Waals surface area contributed by atoms with E-state index >= 15 is 0 Å². The van der Waals surface area contributed by atoms with Crippen LogP contribution in [0.15, 0.2) is 12.1 Å². The largest absolute Gasteiger partial charge is 0.357 e. The van der Waals surface area contributed by atoms with Crippen molar-refractivity contribution in [3.8, 4) is 11.4 Å². The van der Waals surface area contributed by atoms with Gasteiger partial charge in [0.25, 0.3) is 5.78 Å². The summed E-state index contributed by atoms with van der Waals surface area (Å²) in [6, 6.07) is 4.29. The van der Waals surface area contributed by atoms with E-state index in [9.17, 15) is 0 Å². The maximum Gasteiger partial charge on any atom is 0.257 e. The summed E-state index contributed by atoms with van der Waals surface area (Å²) in [6.07, 6.45) is 0. The Hall–Kier alpha value is -2.50. The van der Waals surface area contributed by atoms with E-state index < -0.39 is 0 Å². The Morgan fingerprint density at radius 2 is 1.62 bits per heavy atom. The van der Waals surface area contributed by atoms with Crippen molar-refractivity contribution in [1.82, 2.24) is 24.6 Å². The van der Waals surface area contributed by atoms with Crippen molar-refractivity contribution >= 4 is 11.7 Å². The van der Waals surface area contributed by atoms with E-state index in [4.69, 9.17) is 0 Å². The van der Waals surface area contributed by atoms with Crippen molar-refractivity contribution in [1.29, 1.82) is 0 Å². The molecule has 6 nitrogen and oxygen atoms in total. The van der Waals surface area contributed by atoms with Gasteiger partial charge in [-0.15, -0.1) is 5.10 Å². The summed E-state index contributed by atoms with van der Waals surface area (Å²) >= 11 is 0. The zero-order valence-electron chi connectivity index (χ0n) is 12.9. The fourth-order valence-electron chi connectivity index (χ4n) is 2.69. The number of fused-ring (bicyclic) bond motifs is 1. The first-order chi connectivity index (χ1) is 9.99. The van der Waals surface area contributed by atoms with Gasteiger partial charge in [-0.1, -0.05) is 17.7 Å². The molecule has 3 rings (SSSR count). The maximum absolute atomic E-state index is 4.59. The first-order valence-corrected chi connectivity index (χ1v) is 6.87. The maximum atomic E-state index is 4.59. The second-order valence-electron chi connectivity index (χ2n) is 5.27. The third-order valence-electron chi connectivity index (χ3n) is 3.44. The molecule has 21 heavy (non-hydrogen) atoms. The van der Waals surface area contributed by atoms with E-state index in [1.54, 1.807) is 4.52 Å². The van der Waals surface area contributed by atoms with Crippen LogP contribution in [0.1, 0.15) is 22.5 Å². The molecule has 0 bridgehead atoms. The van der Waals surface area contributed by atoms with E-state index in [0.29, 0.717) is 23.4 Å². The van der Waals surface area contributed by atoms with E-state index in [-0.39, 0.29) is 0 Å². The predicted octanol–water partition coefficient (Wildman–Crippen LogP) is 2.46. The fourth-order valence-corrected chi connectivity index (χ4v) is 2.69. The Morgan fingerprint density at radius 1 is 0.952 bits per heavy atom. The number of rotatable bonds is 2. The molecule has 0 amide bonds. The smallest absolute Gasteiger partial charge is 0.257 e. The first-order valence-electron chi connectivity index (χ1n) is 6.87. The number of nitrogens with zero attached hydrogens (tertiary/aromatic N) is 5. The average Bonchev–Trinajstić information content (AvgIpc) is 2.76. The van der Waals surface area contributed by atoms with E-state index in [2.05, 4.69) is 58.3 Å². The minimum absolute atomic E-state index is 0.557. The van der Waals surface area contributed by atoms with Crippen molar-refractivity contribution < 1.29 is 0 Å². The number of aryl methyl sites for hydroxylation is 4. The van der Waals surface area contributed by atoms with Gasteiger partial charge in [0.15, 0.2) is 5.82 Å². The van der Waals surface area contributed by atoms with E-state index in [1.807, 2.05) is 14.0 Å². The van der Waals surface area contributed by atoms with Gasteiger partial charge >= 0.3 is 0 Å². The number of benzene rings is 1. The van der Waals surface area contributed by atoms with Gasteiger partial charge in [0.1, 0.15) is 5.82 Å². The van der Waals surface area contributed by atoms with Gasteiger partial charge < -0.3 is 5.32 Å². The lowest BCUT2D eigenvalue weighted by Crippen LogP contribution is -2.07. The van der Waals surface area contributed by atoms with Crippen LogP contribution in [0.4, 0.5) is 5.95 Å². The summed E-state index contributed by atoms with van der Waals surface area (Å²) in [5.74, 6) is 2.54. The van der Waals surface area contributed by atoms with Crippen molar-refractivity contribution in [2.24, 2.45) is 0 Å². The number of nitrogens with one attached hydrogen (secondary N) is 1. The molecule has 0 fully saturated rings. The average molecular weight is 282 g/mol. The van der Waals surface area contributed by atoms with Crippen LogP contribution < -0.4 is 5.32 Å². The highest BCUT2D eigenvalue weighted by Crippen LogP contribution is 2.26. The molecule has 0 spiro atoms. The van der Waals surface area contributed by atoms with Gasteiger partial charge in [0.2, 0.25) is 5.95 Å². The number of anilines is 1. The topological polar surface area (TPSA) is 68.0 Å². The van der Waals surface area contributed by atoms with E-state index in [1.165, 1.54) is 5.56 Å². The molecular weight excluding hydrogens is 264 g/mol. The van der Waals surface area contributed by atoms with Crippen LogP contribution in [-0.2, 0) is 0 Å². The molecule has 0 atom stereocenters. The molecule has 0 unspecified atom stereocenters. The normalized spacial score (nSPS) is 11.1. The van der Waals surface area contributed by atoms with Crippen LogP contribution >= 0.6 is 0 Å². The highest BCUT2D eigenvalue weighted by atomic mass is 15.4. The van der Waals surface area contributed by atoms with Crippen LogP contribution in [0.2, 0.25) is 0 Å². The predicted molar refractivity (Wildman–Crippen MR) is 82.5 cm³/mol. The van der Waals surface area contributed by atoms with Gasteiger partial charge in [-0.2, -0.15) is 19.5 Å². The number of hydrogen-bond acceptors (Lipinski definition) is 5. The van der Waals surface area contributed by atoms with Crippen LogP contribution in [-0.4, -0.2) is 31.6 Å². The van der Waals surface area contributed by atoms with Gasteiger partial charge in [-0.25, -0.2) is 0 Å². The van der Waals surface area contributed by atoms with Gasteiger partial charge in [0, 0.05) is 12.6 Å². The van der Waals surface area contributed by atoms with Crippen molar-refractivity contribution in [2.75, 3.05) is 12.4 Å². The zero-order valence-corrected chi connectivity index (χ0v) is 12.9. The zero-order chi connectivity index (χ0) is 15.1. The minimum atomic E-state index is 0.557. The van der Waals surface area contributed by atoms with Gasteiger partial charge in [-0.3, -0.25) is 0 Å². The molecule has 1 aromatic carbocycles. The Morgan fingerprint density at radius 3 is 2.24 bits per heavy atom. The lowest BCUT2D eigenvalue weighted by atomic mass is 9.99. The molecular formula is C15H18N6. The summed E-state index contributed by atoms with van der Waals surface area (Å²) < 4.78 is 1.62. The summed E-state index contributed by atoms with van der Waals surface area (Å²) in [7, 11) is 1.82. The third kappa shape index (κ3) is 2.22. The molecule has 0 aliphatic heterocycles. The van der Waals surface area contributed by atoms with Crippen LogP contribution in [0.3, 0.4) is 0 Å².